The number of fused-ring (bicyclic) bond motifs is 1. The number of hydrogen-bond acceptors (Lipinski definition) is 5. The monoisotopic (exact) mass is 457 g/mol. The second kappa shape index (κ2) is 11.8. The van der Waals surface area contributed by atoms with Crippen molar-refractivity contribution >= 4 is 50.8 Å². The topological polar surface area (TPSA) is 72.7 Å². The lowest BCUT2D eigenvalue weighted by Gasteiger charge is -2.05. The van der Waals surface area contributed by atoms with E-state index in [0.717, 1.165) is 33.8 Å². The Hall–Kier alpha value is -2.42. The van der Waals surface area contributed by atoms with Gasteiger partial charge in [-0.05, 0) is 35.9 Å². The predicted octanol–water partition coefficient (Wildman–Crippen LogP) is 4.45. The maximum Gasteiger partial charge on any atom is 0.248 e. The van der Waals surface area contributed by atoms with Crippen molar-refractivity contribution in [3.05, 3.63) is 58.9 Å². The Morgan fingerprint density at radius 3 is 2.74 bits per heavy atom. The molecule has 0 radical (unpaired) electrons. The lowest BCUT2D eigenvalue weighted by molar-refractivity contribution is -0.118. The Balaban J connectivity index is 1.66. The molecular formula is C23H27N3O3S2. The molecular weight excluding hydrogens is 430 g/mol. The van der Waals surface area contributed by atoms with E-state index in [-0.39, 0.29) is 11.8 Å². The molecule has 6 nitrogen and oxygen atoms in total. The number of hydrogen-bond donors (Lipinski definition) is 1. The molecule has 0 spiro atoms. The Morgan fingerprint density at radius 2 is 2.00 bits per heavy atom. The lowest BCUT2D eigenvalue weighted by Crippen LogP contribution is -2.19. The van der Waals surface area contributed by atoms with Gasteiger partial charge < -0.3 is 14.6 Å². The summed E-state index contributed by atoms with van der Waals surface area (Å²) in [6.45, 7) is 2.61. The maximum absolute atomic E-state index is 12.5. The van der Waals surface area contributed by atoms with Crippen LogP contribution in [0.2, 0.25) is 0 Å². The van der Waals surface area contributed by atoms with Gasteiger partial charge in [0, 0.05) is 38.4 Å². The van der Waals surface area contributed by atoms with Crippen molar-refractivity contribution in [2.45, 2.75) is 32.1 Å². The molecule has 3 rings (SSSR count). The van der Waals surface area contributed by atoms with Crippen LogP contribution >= 0.6 is 23.1 Å². The Morgan fingerprint density at radius 1 is 1.19 bits per heavy atom. The van der Waals surface area contributed by atoms with Gasteiger partial charge in [-0.15, -0.1) is 0 Å². The molecule has 1 heterocycles. The smallest absolute Gasteiger partial charge is 0.248 e. The van der Waals surface area contributed by atoms with Crippen LogP contribution < -0.4 is 10.1 Å². The van der Waals surface area contributed by atoms with Crippen LogP contribution in [-0.2, 0) is 26.6 Å². The van der Waals surface area contributed by atoms with E-state index in [4.69, 9.17) is 4.74 Å². The molecule has 0 saturated heterocycles. The highest BCUT2D eigenvalue weighted by molar-refractivity contribution is 7.98. The molecule has 3 aromatic rings. The third kappa shape index (κ3) is 7.05. The Bertz CT molecular complexity index is 1090. The highest BCUT2D eigenvalue weighted by Gasteiger charge is 2.09. The van der Waals surface area contributed by atoms with Crippen LogP contribution in [0.15, 0.2) is 53.5 Å². The molecule has 0 aliphatic heterocycles. The number of aromatic nitrogens is 1. The number of carbonyl (C=O) groups excluding carboxylic acids is 2. The molecule has 1 N–H and O–H groups in total. The van der Waals surface area contributed by atoms with Gasteiger partial charge in [-0.3, -0.25) is 9.59 Å². The zero-order valence-electron chi connectivity index (χ0n) is 17.8. The zero-order valence-corrected chi connectivity index (χ0v) is 19.4. The number of rotatable bonds is 10. The molecule has 0 fully saturated rings. The largest absolute Gasteiger partial charge is 0.383 e. The van der Waals surface area contributed by atoms with E-state index in [9.17, 15) is 9.59 Å². The van der Waals surface area contributed by atoms with Crippen molar-refractivity contribution in [2.75, 3.05) is 24.8 Å². The molecule has 2 amide bonds. The minimum absolute atomic E-state index is 0.111. The second-order valence-electron chi connectivity index (χ2n) is 7.04. The molecule has 0 aliphatic rings. The maximum atomic E-state index is 12.5. The molecule has 31 heavy (non-hydrogen) atoms. The third-order valence-electron chi connectivity index (χ3n) is 4.53. The average molecular weight is 458 g/mol. The van der Waals surface area contributed by atoms with Crippen LogP contribution in [0.25, 0.3) is 10.2 Å². The Labute approximate surface area is 190 Å². The van der Waals surface area contributed by atoms with Crippen LogP contribution in [-0.4, -0.2) is 35.9 Å². The van der Waals surface area contributed by atoms with E-state index in [1.807, 2.05) is 52.7 Å². The molecule has 8 heteroatoms. The number of carbonyl (C=O) groups is 2. The number of methoxy groups -OCH3 is 1. The van der Waals surface area contributed by atoms with Gasteiger partial charge in [-0.1, -0.05) is 41.7 Å². The van der Waals surface area contributed by atoms with Gasteiger partial charge >= 0.3 is 0 Å². The van der Waals surface area contributed by atoms with E-state index < -0.39 is 0 Å². The zero-order chi connectivity index (χ0) is 22.1. The van der Waals surface area contributed by atoms with E-state index in [1.54, 1.807) is 7.11 Å². The molecule has 0 bridgehead atoms. The summed E-state index contributed by atoms with van der Waals surface area (Å²) < 4.78 is 8.19. The van der Waals surface area contributed by atoms with Gasteiger partial charge in [0.1, 0.15) is 0 Å². The highest BCUT2D eigenvalue weighted by Crippen LogP contribution is 2.22. The van der Waals surface area contributed by atoms with Gasteiger partial charge in [0.2, 0.25) is 11.8 Å². The number of benzene rings is 2. The number of thiazole rings is 1. The number of nitrogens with one attached hydrogen (secondary N) is 1. The number of thioether (sulfide) groups is 1. The fourth-order valence-corrected chi connectivity index (χ4v) is 5.12. The molecule has 2 aromatic carbocycles. The molecule has 0 aliphatic carbocycles. The SMILES string of the molecule is COCCn1c(=NC(=O)CCCSCc2ccccc2)sc2cc(NC(C)=O)ccc21. The standard InChI is InChI=1S/C23H27N3O3S2/c1-17(27)24-19-10-11-20-21(15-19)31-23(26(20)12-13-29-2)25-22(28)9-6-14-30-16-18-7-4-3-5-8-18/h3-5,7-8,10-11,15H,6,9,12-14,16H2,1-2H3,(H,24,27). The van der Waals surface area contributed by atoms with Crippen molar-refractivity contribution in [3.8, 4) is 0 Å². The van der Waals surface area contributed by atoms with Crippen LogP contribution in [0.4, 0.5) is 5.69 Å². The minimum atomic E-state index is -0.117. The van der Waals surface area contributed by atoms with E-state index in [0.29, 0.717) is 24.4 Å². The first-order valence-electron chi connectivity index (χ1n) is 10.2. The summed E-state index contributed by atoms with van der Waals surface area (Å²) in [5.74, 6) is 1.65. The first-order valence-corrected chi connectivity index (χ1v) is 12.1. The Kier molecular flexibility index (Phi) is 8.87. The van der Waals surface area contributed by atoms with Gasteiger partial charge in [-0.2, -0.15) is 16.8 Å². The van der Waals surface area contributed by atoms with Crippen molar-refractivity contribution in [1.29, 1.82) is 0 Å². The number of ether oxygens (including phenoxy) is 1. The number of amides is 2. The summed E-state index contributed by atoms with van der Waals surface area (Å²) >= 11 is 3.28. The van der Waals surface area contributed by atoms with Crippen LogP contribution in [0.3, 0.4) is 0 Å². The summed E-state index contributed by atoms with van der Waals surface area (Å²) in [5, 5.41) is 2.80. The summed E-state index contributed by atoms with van der Waals surface area (Å²) in [5.41, 5.74) is 3.00. The van der Waals surface area contributed by atoms with E-state index in [2.05, 4.69) is 22.4 Å². The normalized spacial score (nSPS) is 11.7. The fraction of sp³-hybridized carbons (Fsp3) is 0.348. The second-order valence-corrected chi connectivity index (χ2v) is 9.15. The number of nitrogens with zero attached hydrogens (tertiary/aromatic N) is 2. The van der Waals surface area contributed by atoms with Gasteiger partial charge in [0.05, 0.1) is 16.8 Å². The highest BCUT2D eigenvalue weighted by atomic mass is 32.2. The number of anilines is 1. The predicted molar refractivity (Wildman–Crippen MR) is 128 cm³/mol. The van der Waals surface area contributed by atoms with E-state index >= 15 is 0 Å². The summed E-state index contributed by atoms with van der Waals surface area (Å²) in [6, 6.07) is 16.0. The molecule has 0 saturated carbocycles. The van der Waals surface area contributed by atoms with Gasteiger partial charge in [0.25, 0.3) is 0 Å². The fourth-order valence-electron chi connectivity index (χ4n) is 3.09. The molecule has 0 unspecified atom stereocenters. The lowest BCUT2D eigenvalue weighted by atomic mass is 10.2. The molecule has 1 aromatic heterocycles. The van der Waals surface area contributed by atoms with Crippen LogP contribution in [0.5, 0.6) is 0 Å². The van der Waals surface area contributed by atoms with Crippen LogP contribution in [0, 0.1) is 0 Å². The average Bonchev–Trinajstić information content (AvgIpc) is 3.08. The summed E-state index contributed by atoms with van der Waals surface area (Å²) in [4.78, 5) is 28.9. The molecule has 0 atom stereocenters. The summed E-state index contributed by atoms with van der Waals surface area (Å²) in [6.07, 6.45) is 1.23. The van der Waals surface area contributed by atoms with Crippen molar-refractivity contribution in [1.82, 2.24) is 4.57 Å². The minimum Gasteiger partial charge on any atom is -0.383 e. The first kappa shape index (κ1) is 23.2. The third-order valence-corrected chi connectivity index (χ3v) is 6.69. The van der Waals surface area contributed by atoms with Crippen molar-refractivity contribution in [2.24, 2.45) is 4.99 Å². The molecule has 164 valence electrons. The van der Waals surface area contributed by atoms with Gasteiger partial charge in [0.15, 0.2) is 4.80 Å². The van der Waals surface area contributed by atoms with Gasteiger partial charge in [-0.25, -0.2) is 0 Å². The van der Waals surface area contributed by atoms with E-state index in [1.165, 1.54) is 23.8 Å². The van der Waals surface area contributed by atoms with Crippen molar-refractivity contribution < 1.29 is 14.3 Å². The van der Waals surface area contributed by atoms with Crippen LogP contribution in [0.1, 0.15) is 25.3 Å². The van der Waals surface area contributed by atoms with Crippen molar-refractivity contribution in [3.63, 3.8) is 0 Å². The quantitative estimate of drug-likeness (QED) is 0.457. The summed E-state index contributed by atoms with van der Waals surface area (Å²) in [7, 11) is 1.65. The first-order chi connectivity index (χ1) is 15.1.